The maximum absolute atomic E-state index is 12.7. The highest BCUT2D eigenvalue weighted by Crippen LogP contribution is 2.27. The van der Waals surface area contributed by atoms with Crippen LogP contribution in [0, 0.1) is 5.82 Å². The van der Waals surface area contributed by atoms with Gasteiger partial charge < -0.3 is 5.11 Å². The minimum absolute atomic E-state index is 0.0724. The fourth-order valence-corrected chi connectivity index (χ4v) is 1.73. The topological polar surface area (TPSA) is 57.6 Å². The molecule has 2 rings (SSSR count). The van der Waals surface area contributed by atoms with Crippen molar-refractivity contribution in [2.24, 2.45) is 0 Å². The highest BCUT2D eigenvalue weighted by Gasteiger charge is 2.37. The van der Waals surface area contributed by atoms with Gasteiger partial charge in [-0.3, -0.25) is 14.5 Å². The minimum Gasteiger partial charge on any atom is -0.502 e. The Labute approximate surface area is 97.0 Å². The Kier molecular flexibility index (Phi) is 2.67. The molecule has 0 fully saturated rings. The SMILES string of the molecule is CCN1C(=O)C(O)=C(c2ccc(F)cc2)C1=O. The third-order valence-electron chi connectivity index (χ3n) is 2.59. The normalized spacial score (nSPS) is 16.0. The molecule has 0 spiro atoms. The number of hydrogen-bond acceptors (Lipinski definition) is 3. The fourth-order valence-electron chi connectivity index (χ4n) is 1.73. The van der Waals surface area contributed by atoms with E-state index in [4.69, 9.17) is 0 Å². The van der Waals surface area contributed by atoms with Gasteiger partial charge in [0.1, 0.15) is 5.82 Å². The number of hydrogen-bond donors (Lipinski definition) is 1. The summed E-state index contributed by atoms with van der Waals surface area (Å²) in [5, 5.41) is 9.63. The van der Waals surface area contributed by atoms with Crippen LogP contribution < -0.4 is 0 Å². The first kappa shape index (κ1) is 11.3. The van der Waals surface area contributed by atoms with Crippen LogP contribution in [0.1, 0.15) is 12.5 Å². The van der Waals surface area contributed by atoms with Crippen molar-refractivity contribution in [3.63, 3.8) is 0 Å². The summed E-state index contributed by atoms with van der Waals surface area (Å²) in [6, 6.07) is 5.04. The van der Waals surface area contributed by atoms with Crippen molar-refractivity contribution >= 4 is 17.4 Å². The molecule has 0 bridgehead atoms. The standard InChI is InChI=1S/C12H10FNO3/c1-2-14-11(16)9(10(15)12(14)17)7-3-5-8(13)6-4-7/h3-6,15H,2H2,1H3. The lowest BCUT2D eigenvalue weighted by molar-refractivity contribution is -0.137. The van der Waals surface area contributed by atoms with Gasteiger partial charge in [0.25, 0.3) is 11.8 Å². The van der Waals surface area contributed by atoms with Crippen LogP contribution in [0.15, 0.2) is 30.0 Å². The molecule has 0 radical (unpaired) electrons. The molecule has 0 saturated carbocycles. The predicted octanol–water partition coefficient (Wildman–Crippen LogP) is 1.48. The minimum atomic E-state index is -0.711. The highest BCUT2D eigenvalue weighted by atomic mass is 19.1. The zero-order valence-corrected chi connectivity index (χ0v) is 9.11. The molecule has 1 N–H and O–H groups in total. The molecular formula is C12H10FNO3. The van der Waals surface area contributed by atoms with Gasteiger partial charge in [0.05, 0.1) is 5.57 Å². The molecule has 1 aliphatic rings. The molecule has 17 heavy (non-hydrogen) atoms. The van der Waals surface area contributed by atoms with Crippen molar-refractivity contribution < 1.29 is 19.1 Å². The number of rotatable bonds is 2. The number of carbonyl (C=O) groups excluding carboxylic acids is 2. The Hall–Kier alpha value is -2.17. The van der Waals surface area contributed by atoms with Crippen LogP contribution >= 0.6 is 0 Å². The molecule has 4 nitrogen and oxygen atoms in total. The van der Waals surface area contributed by atoms with Gasteiger partial charge in [-0.2, -0.15) is 0 Å². The third kappa shape index (κ3) is 1.69. The zero-order chi connectivity index (χ0) is 12.6. The van der Waals surface area contributed by atoms with Crippen LogP contribution in [0.25, 0.3) is 5.57 Å². The van der Waals surface area contributed by atoms with E-state index < -0.39 is 23.4 Å². The molecule has 0 aromatic heterocycles. The number of nitrogens with zero attached hydrogens (tertiary/aromatic N) is 1. The Balaban J connectivity index is 2.48. The van der Waals surface area contributed by atoms with Gasteiger partial charge in [-0.25, -0.2) is 4.39 Å². The van der Waals surface area contributed by atoms with E-state index in [1.165, 1.54) is 24.3 Å². The van der Waals surface area contributed by atoms with Gasteiger partial charge in [0.15, 0.2) is 5.76 Å². The molecule has 1 aliphatic heterocycles. The Bertz CT molecular complexity index is 519. The number of likely N-dealkylation sites (N-methyl/N-ethyl adjacent to an activating group) is 1. The van der Waals surface area contributed by atoms with Crippen LogP contribution in [0.2, 0.25) is 0 Å². The van der Waals surface area contributed by atoms with E-state index in [1.54, 1.807) is 6.92 Å². The van der Waals surface area contributed by atoms with E-state index in [9.17, 15) is 19.1 Å². The van der Waals surface area contributed by atoms with E-state index in [1.807, 2.05) is 0 Å². The van der Waals surface area contributed by atoms with Crippen molar-refractivity contribution in [1.82, 2.24) is 4.90 Å². The monoisotopic (exact) mass is 235 g/mol. The molecular weight excluding hydrogens is 225 g/mol. The number of imide groups is 1. The van der Waals surface area contributed by atoms with Crippen LogP contribution in [-0.2, 0) is 9.59 Å². The lowest BCUT2D eigenvalue weighted by Crippen LogP contribution is -2.31. The number of halogens is 1. The molecule has 0 unspecified atom stereocenters. The van der Waals surface area contributed by atoms with E-state index in [-0.39, 0.29) is 12.1 Å². The quantitative estimate of drug-likeness (QED) is 0.790. The molecule has 0 aliphatic carbocycles. The lowest BCUT2D eigenvalue weighted by atomic mass is 10.1. The average molecular weight is 235 g/mol. The van der Waals surface area contributed by atoms with Crippen LogP contribution in [0.3, 0.4) is 0 Å². The highest BCUT2D eigenvalue weighted by molar-refractivity contribution is 6.34. The van der Waals surface area contributed by atoms with Crippen molar-refractivity contribution in [2.75, 3.05) is 6.54 Å². The fraction of sp³-hybridized carbons (Fsp3) is 0.167. The number of amides is 2. The Morgan fingerprint density at radius 3 is 2.24 bits per heavy atom. The van der Waals surface area contributed by atoms with Gasteiger partial charge >= 0.3 is 0 Å². The van der Waals surface area contributed by atoms with Gasteiger partial charge in [-0.15, -0.1) is 0 Å². The van der Waals surface area contributed by atoms with E-state index >= 15 is 0 Å². The van der Waals surface area contributed by atoms with Gasteiger partial charge in [0.2, 0.25) is 0 Å². The summed E-state index contributed by atoms with van der Waals surface area (Å²) in [7, 11) is 0. The third-order valence-corrected chi connectivity index (χ3v) is 2.59. The molecule has 88 valence electrons. The summed E-state index contributed by atoms with van der Waals surface area (Å²) in [6.07, 6.45) is 0. The average Bonchev–Trinajstić information content (AvgIpc) is 2.52. The predicted molar refractivity (Wildman–Crippen MR) is 58.3 cm³/mol. The molecule has 1 aromatic carbocycles. The molecule has 0 saturated heterocycles. The Morgan fingerprint density at radius 2 is 1.76 bits per heavy atom. The zero-order valence-electron chi connectivity index (χ0n) is 9.11. The van der Waals surface area contributed by atoms with Crippen molar-refractivity contribution in [2.45, 2.75) is 6.92 Å². The van der Waals surface area contributed by atoms with Crippen LogP contribution in [0.5, 0.6) is 0 Å². The Morgan fingerprint density at radius 1 is 1.18 bits per heavy atom. The maximum atomic E-state index is 12.7. The van der Waals surface area contributed by atoms with Gasteiger partial charge in [-0.1, -0.05) is 12.1 Å². The number of aliphatic hydroxyl groups excluding tert-OH is 1. The second kappa shape index (κ2) is 4.01. The first-order valence-electron chi connectivity index (χ1n) is 5.11. The molecule has 2 amide bonds. The summed E-state index contributed by atoms with van der Waals surface area (Å²) >= 11 is 0. The first-order chi connectivity index (χ1) is 8.06. The van der Waals surface area contributed by atoms with E-state index in [0.29, 0.717) is 5.56 Å². The van der Waals surface area contributed by atoms with Crippen molar-refractivity contribution in [3.05, 3.63) is 41.4 Å². The second-order valence-electron chi connectivity index (χ2n) is 3.59. The van der Waals surface area contributed by atoms with Gasteiger partial charge in [-0.05, 0) is 24.6 Å². The van der Waals surface area contributed by atoms with Gasteiger partial charge in [0, 0.05) is 6.54 Å². The molecule has 0 atom stereocenters. The molecule has 5 heteroatoms. The maximum Gasteiger partial charge on any atom is 0.296 e. The van der Waals surface area contributed by atoms with E-state index in [0.717, 1.165) is 4.90 Å². The van der Waals surface area contributed by atoms with Crippen LogP contribution in [-0.4, -0.2) is 28.4 Å². The summed E-state index contributed by atoms with van der Waals surface area (Å²) in [4.78, 5) is 24.3. The molecule has 1 aromatic rings. The summed E-state index contributed by atoms with van der Waals surface area (Å²) in [5.41, 5.74) is 0.259. The summed E-state index contributed by atoms with van der Waals surface area (Å²) < 4.78 is 12.7. The number of benzene rings is 1. The van der Waals surface area contributed by atoms with Crippen molar-refractivity contribution in [1.29, 1.82) is 0 Å². The lowest BCUT2D eigenvalue weighted by Gasteiger charge is -2.10. The smallest absolute Gasteiger partial charge is 0.296 e. The van der Waals surface area contributed by atoms with Crippen LogP contribution in [0.4, 0.5) is 4.39 Å². The molecule has 1 heterocycles. The summed E-state index contributed by atoms with van der Waals surface area (Å²) in [6.45, 7) is 1.82. The number of aliphatic hydroxyl groups is 1. The van der Waals surface area contributed by atoms with E-state index in [2.05, 4.69) is 0 Å². The number of carbonyl (C=O) groups is 2. The second-order valence-corrected chi connectivity index (χ2v) is 3.59. The first-order valence-corrected chi connectivity index (χ1v) is 5.11. The largest absolute Gasteiger partial charge is 0.502 e. The summed E-state index contributed by atoms with van der Waals surface area (Å²) in [5.74, 6) is -2.29. The van der Waals surface area contributed by atoms with Crippen molar-refractivity contribution in [3.8, 4) is 0 Å².